The predicted octanol–water partition coefficient (Wildman–Crippen LogP) is 15.1. The summed E-state index contributed by atoms with van der Waals surface area (Å²) in [5, 5.41) is 2.02. The second-order valence-electron chi connectivity index (χ2n) is 20.0. The van der Waals surface area contributed by atoms with Gasteiger partial charge in [-0.2, -0.15) is 0 Å². The summed E-state index contributed by atoms with van der Waals surface area (Å²) in [4.78, 5) is 14.7. The summed E-state index contributed by atoms with van der Waals surface area (Å²) in [5.74, 6) is 9.51. The molecule has 0 N–H and O–H groups in total. The molecule has 5 nitrogen and oxygen atoms in total. The Labute approximate surface area is 401 Å². The van der Waals surface area contributed by atoms with Crippen LogP contribution in [0.15, 0.2) is 138 Å². The van der Waals surface area contributed by atoms with Gasteiger partial charge in [0, 0.05) is 36.9 Å². The predicted molar refractivity (Wildman–Crippen MR) is 270 cm³/mol. The van der Waals surface area contributed by atoms with Crippen molar-refractivity contribution >= 4 is 50.8 Å². The van der Waals surface area contributed by atoms with E-state index in [4.69, 9.17) is 19.4 Å². The van der Waals surface area contributed by atoms with Crippen LogP contribution in [0.4, 0.5) is 0 Å². The zero-order chi connectivity index (χ0) is 44.6. The van der Waals surface area contributed by atoms with Crippen molar-refractivity contribution in [2.75, 3.05) is 0 Å². The zero-order valence-electron chi connectivity index (χ0n) is 39.1. The van der Waals surface area contributed by atoms with Gasteiger partial charge in [-0.15, -0.1) is 23.8 Å². The first-order valence-electron chi connectivity index (χ1n) is 23.2. The molecule has 333 valence electrons. The molecule has 0 bridgehead atoms. The van der Waals surface area contributed by atoms with Gasteiger partial charge >= 0.3 is 144 Å². The largest absolute Gasteiger partial charge is 0 e. The van der Waals surface area contributed by atoms with Crippen LogP contribution in [0.3, 0.4) is 0 Å². The van der Waals surface area contributed by atoms with Gasteiger partial charge in [-0.05, 0) is 64.4 Å². The van der Waals surface area contributed by atoms with Crippen molar-refractivity contribution < 1.29 is 24.5 Å². The standard InChI is InChI=1S/C37H32N3O.C21H28GeN.Ir/c1-23(2)30-18-17-27-28-21-26(16-20-34(28)41-36(27)39-30)35-38-31-13-9-10-14-33(31)40(35)32-19-15-25(22-29(32)37(3,4)5)24-11-7-6-8-12-24;1-22(2,3)20-16-23-21(18-12-8-5-9-13-18)15-19(20)14-17-10-6-4-7-11-17;/h6-15,17-23H,1-5H3;5,8-9,12,15-17H,4,6-7,10-11,14H2,1-3H3;/q2*-1;. The third kappa shape index (κ3) is 10.0. The normalized spacial score (nSPS) is 13.6. The van der Waals surface area contributed by atoms with Crippen molar-refractivity contribution in [2.24, 2.45) is 5.92 Å². The topological polar surface area (TPSA) is 56.7 Å². The second-order valence-corrected chi connectivity index (χ2v) is 30.6. The molecule has 4 aromatic heterocycles. The summed E-state index contributed by atoms with van der Waals surface area (Å²) in [5.41, 5.74) is 13.9. The molecule has 5 aromatic carbocycles. The fourth-order valence-electron chi connectivity index (χ4n) is 9.40. The molecule has 9 aromatic rings. The van der Waals surface area contributed by atoms with Crippen molar-refractivity contribution in [1.82, 2.24) is 19.5 Å². The van der Waals surface area contributed by atoms with E-state index < -0.39 is 13.3 Å². The van der Waals surface area contributed by atoms with Gasteiger partial charge in [-0.25, -0.2) is 4.98 Å². The SMILES string of the molecule is CC(C)c1ccc2c(n1)oc1c[c-]c(-c3nc4ccccc4n3-c3ccc(-c4ccccc4)cc3C(C)(C)C)cc12.[CH3][Ge]([CH3])([CH3])[c]1cnc(-c2[c-]cccc2)cc1CC1CCCCC1.[Ir]. The van der Waals surface area contributed by atoms with Gasteiger partial charge in [0.2, 0.25) is 5.71 Å². The number of nitrogens with zero attached hydrogens (tertiary/aromatic N) is 4. The van der Waals surface area contributed by atoms with Crippen LogP contribution in [0.1, 0.15) is 89.5 Å². The van der Waals surface area contributed by atoms with Gasteiger partial charge < -0.3 is 8.98 Å². The van der Waals surface area contributed by atoms with Gasteiger partial charge in [0.25, 0.3) is 0 Å². The molecule has 10 rings (SSSR count). The molecule has 1 aliphatic carbocycles. The Hall–Kier alpha value is -5.14. The van der Waals surface area contributed by atoms with Crippen molar-refractivity contribution in [2.45, 2.75) is 102 Å². The molecule has 0 saturated heterocycles. The molecule has 4 heterocycles. The minimum Gasteiger partial charge on any atom is 0 e. The molecular weight excluding hydrogens is 1030 g/mol. The van der Waals surface area contributed by atoms with Crippen molar-refractivity contribution in [3.63, 3.8) is 0 Å². The number of fused-ring (bicyclic) bond motifs is 4. The average molecular weight is 1090 g/mol. The Balaban J connectivity index is 0.000000204. The smallest absolute Gasteiger partial charge is 0 e. The van der Waals surface area contributed by atoms with Crippen molar-refractivity contribution in [1.29, 1.82) is 0 Å². The molecule has 0 aliphatic heterocycles. The van der Waals surface area contributed by atoms with Crippen molar-refractivity contribution in [3.05, 3.63) is 163 Å². The Kier molecular flexibility index (Phi) is 13.8. The molecule has 1 saturated carbocycles. The van der Waals surface area contributed by atoms with E-state index in [0.717, 1.165) is 67.3 Å². The Bertz CT molecular complexity index is 3060. The Morgan fingerprint density at radius 3 is 2.23 bits per heavy atom. The summed E-state index contributed by atoms with van der Waals surface area (Å²) in [6, 6.07) is 51.3. The summed E-state index contributed by atoms with van der Waals surface area (Å²) in [6.07, 6.45) is 10.5. The number of hydrogen-bond acceptors (Lipinski definition) is 4. The molecule has 1 radical (unpaired) electrons. The molecule has 0 spiro atoms. The van der Waals surface area contributed by atoms with Gasteiger partial charge in [-0.3, -0.25) is 4.98 Å². The summed E-state index contributed by atoms with van der Waals surface area (Å²) >= 11 is -1.89. The fourth-order valence-corrected chi connectivity index (χ4v) is 12.7. The fraction of sp³-hybridized carbons (Fsp3) is 0.293. The first-order chi connectivity index (χ1) is 30.8. The summed E-state index contributed by atoms with van der Waals surface area (Å²) in [7, 11) is 0. The Morgan fingerprint density at radius 2 is 1.51 bits per heavy atom. The molecule has 1 aliphatic rings. The van der Waals surface area contributed by atoms with Crippen LogP contribution in [0, 0.1) is 18.1 Å². The number of para-hydroxylation sites is 2. The number of rotatable bonds is 8. The van der Waals surface area contributed by atoms with Crippen LogP contribution in [-0.2, 0) is 31.9 Å². The van der Waals surface area contributed by atoms with Crippen LogP contribution < -0.4 is 4.40 Å². The molecular formula is C58H60GeIrN4O-2. The molecule has 7 heteroatoms. The number of pyridine rings is 2. The van der Waals surface area contributed by atoms with Gasteiger partial charge in [0.15, 0.2) is 0 Å². The van der Waals surface area contributed by atoms with E-state index in [0.29, 0.717) is 11.6 Å². The van der Waals surface area contributed by atoms with Crippen LogP contribution in [0.2, 0.25) is 17.3 Å². The number of aromatic nitrogens is 4. The molecule has 0 atom stereocenters. The van der Waals surface area contributed by atoms with E-state index in [9.17, 15) is 0 Å². The van der Waals surface area contributed by atoms with Gasteiger partial charge in [0.05, 0.1) is 22.4 Å². The number of benzene rings is 5. The molecule has 65 heavy (non-hydrogen) atoms. The summed E-state index contributed by atoms with van der Waals surface area (Å²) in [6.45, 7) is 11.1. The third-order valence-corrected chi connectivity index (χ3v) is 17.2. The number of hydrogen-bond donors (Lipinski definition) is 0. The van der Waals surface area contributed by atoms with Crippen molar-refractivity contribution in [3.8, 4) is 39.5 Å². The minimum absolute atomic E-state index is 0. The van der Waals surface area contributed by atoms with Gasteiger partial charge in [0.1, 0.15) is 0 Å². The average Bonchev–Trinajstić information content (AvgIpc) is 3.87. The van der Waals surface area contributed by atoms with Crippen LogP contribution >= 0.6 is 0 Å². The van der Waals surface area contributed by atoms with E-state index in [1.165, 1.54) is 55.2 Å². The summed E-state index contributed by atoms with van der Waals surface area (Å²) < 4.78 is 10.0. The van der Waals surface area contributed by atoms with E-state index >= 15 is 0 Å². The van der Waals surface area contributed by atoms with E-state index in [1.807, 2.05) is 24.3 Å². The first kappa shape index (κ1) is 46.4. The van der Waals surface area contributed by atoms with E-state index in [1.54, 1.807) is 9.96 Å². The Morgan fingerprint density at radius 1 is 0.754 bits per heavy atom. The van der Waals surface area contributed by atoms with Crippen LogP contribution in [-0.4, -0.2) is 32.8 Å². The maximum atomic E-state index is 6.16. The second kappa shape index (κ2) is 19.4. The maximum Gasteiger partial charge on any atom is 0 e. The zero-order valence-corrected chi connectivity index (χ0v) is 43.6. The van der Waals surface area contributed by atoms with Crippen LogP contribution in [0.25, 0.3) is 72.6 Å². The monoisotopic (exact) mass is 1100 g/mol. The molecule has 0 amide bonds. The maximum absolute atomic E-state index is 6.16. The number of imidazole rings is 1. The third-order valence-electron chi connectivity index (χ3n) is 12.9. The quantitative estimate of drug-likeness (QED) is 0.112. The molecule has 0 unspecified atom stereocenters. The number of furan rings is 1. The van der Waals surface area contributed by atoms with E-state index in [2.05, 4.69) is 178 Å². The minimum atomic E-state index is -1.89. The van der Waals surface area contributed by atoms with Gasteiger partial charge in [-0.1, -0.05) is 88.5 Å². The van der Waals surface area contributed by atoms with E-state index in [-0.39, 0.29) is 25.5 Å². The first-order valence-corrected chi connectivity index (χ1v) is 30.6. The van der Waals surface area contributed by atoms with Crippen LogP contribution in [0.5, 0.6) is 0 Å². The molecule has 1 fully saturated rings.